The molecular weight excluding hydrogens is 322 g/mol. The van der Waals surface area contributed by atoms with Crippen molar-refractivity contribution in [3.63, 3.8) is 0 Å². The molecule has 0 bridgehead atoms. The van der Waals surface area contributed by atoms with Gasteiger partial charge in [0, 0.05) is 20.0 Å². The molecule has 1 aliphatic heterocycles. The molecule has 24 heavy (non-hydrogen) atoms. The van der Waals surface area contributed by atoms with E-state index in [0.29, 0.717) is 0 Å². The van der Waals surface area contributed by atoms with Crippen molar-refractivity contribution in [3.8, 4) is 0 Å². The zero-order valence-electron chi connectivity index (χ0n) is 13.7. The van der Waals surface area contributed by atoms with Crippen LogP contribution in [-0.2, 0) is 4.79 Å². The molecule has 2 aromatic heterocycles. The fraction of sp³-hybridized carbons (Fsp3) is 0.333. The van der Waals surface area contributed by atoms with Crippen molar-refractivity contribution in [2.45, 2.75) is 25.8 Å². The van der Waals surface area contributed by atoms with Gasteiger partial charge < -0.3 is 14.6 Å². The van der Waals surface area contributed by atoms with Crippen LogP contribution in [0, 0.1) is 6.92 Å². The van der Waals surface area contributed by atoms with Crippen LogP contribution in [0.3, 0.4) is 0 Å². The van der Waals surface area contributed by atoms with Gasteiger partial charge in [-0.05, 0) is 31.2 Å². The third-order valence-electron chi connectivity index (χ3n) is 4.39. The fourth-order valence-electron chi connectivity index (χ4n) is 3.30. The van der Waals surface area contributed by atoms with Gasteiger partial charge in [0.25, 0.3) is 0 Å². The lowest BCUT2D eigenvalue weighted by atomic mass is 10.0. The van der Waals surface area contributed by atoms with E-state index in [1.165, 1.54) is 4.70 Å². The van der Waals surface area contributed by atoms with E-state index in [1.54, 1.807) is 18.3 Å². The molecule has 6 heteroatoms. The number of aryl methyl sites for hydroxylation is 1. The van der Waals surface area contributed by atoms with Crippen molar-refractivity contribution >= 4 is 32.6 Å². The standard InChI is InChI=1S/C18H19N3O2S/c1-11-7-8-16(23-11)13-9-21(10-15(13)19-12(2)22)18-20-14-5-3-4-6-17(14)24-18/h3-8,13,15H,9-10H2,1-2H3,(H,19,22). The maximum atomic E-state index is 11.6. The van der Waals surface area contributed by atoms with Crippen LogP contribution < -0.4 is 10.2 Å². The van der Waals surface area contributed by atoms with E-state index in [1.807, 2.05) is 37.3 Å². The molecule has 1 fully saturated rings. The maximum absolute atomic E-state index is 11.6. The Morgan fingerprint density at radius 2 is 2.12 bits per heavy atom. The highest BCUT2D eigenvalue weighted by Crippen LogP contribution is 2.35. The van der Waals surface area contributed by atoms with Gasteiger partial charge in [-0.3, -0.25) is 4.79 Å². The van der Waals surface area contributed by atoms with Crippen LogP contribution in [0.1, 0.15) is 24.4 Å². The minimum Gasteiger partial charge on any atom is -0.466 e. The van der Waals surface area contributed by atoms with E-state index in [9.17, 15) is 4.79 Å². The van der Waals surface area contributed by atoms with Gasteiger partial charge in [-0.25, -0.2) is 4.98 Å². The van der Waals surface area contributed by atoms with Gasteiger partial charge in [-0.1, -0.05) is 23.5 Å². The molecule has 3 heterocycles. The van der Waals surface area contributed by atoms with Gasteiger partial charge in [0.15, 0.2) is 5.13 Å². The summed E-state index contributed by atoms with van der Waals surface area (Å²) in [5.74, 6) is 1.94. The number of rotatable bonds is 3. The summed E-state index contributed by atoms with van der Waals surface area (Å²) in [6.07, 6.45) is 0. The number of hydrogen-bond donors (Lipinski definition) is 1. The lowest BCUT2D eigenvalue weighted by Gasteiger charge is -2.16. The number of anilines is 1. The van der Waals surface area contributed by atoms with E-state index in [2.05, 4.69) is 16.3 Å². The highest BCUT2D eigenvalue weighted by atomic mass is 32.1. The molecule has 2 unspecified atom stereocenters. The fourth-order valence-corrected chi connectivity index (χ4v) is 4.29. The van der Waals surface area contributed by atoms with Crippen molar-refractivity contribution in [1.29, 1.82) is 0 Å². The summed E-state index contributed by atoms with van der Waals surface area (Å²) >= 11 is 1.69. The Labute approximate surface area is 144 Å². The van der Waals surface area contributed by atoms with Crippen LogP contribution in [0.2, 0.25) is 0 Å². The number of fused-ring (bicyclic) bond motifs is 1. The number of furan rings is 1. The lowest BCUT2D eigenvalue weighted by Crippen LogP contribution is -2.38. The van der Waals surface area contributed by atoms with E-state index in [-0.39, 0.29) is 17.9 Å². The molecule has 1 amide bonds. The minimum absolute atomic E-state index is 0.0144. The molecule has 1 saturated heterocycles. The molecule has 124 valence electrons. The van der Waals surface area contributed by atoms with Crippen LogP contribution >= 0.6 is 11.3 Å². The monoisotopic (exact) mass is 341 g/mol. The first-order valence-corrected chi connectivity index (χ1v) is 8.86. The van der Waals surface area contributed by atoms with E-state index >= 15 is 0 Å². The first kappa shape index (κ1) is 15.2. The normalized spacial score (nSPS) is 20.7. The number of para-hydroxylation sites is 1. The number of nitrogens with zero attached hydrogens (tertiary/aromatic N) is 2. The molecule has 0 saturated carbocycles. The average molecular weight is 341 g/mol. The van der Waals surface area contributed by atoms with E-state index < -0.39 is 0 Å². The maximum Gasteiger partial charge on any atom is 0.217 e. The number of hydrogen-bond acceptors (Lipinski definition) is 5. The van der Waals surface area contributed by atoms with Crippen LogP contribution in [0.5, 0.6) is 0 Å². The predicted molar refractivity (Wildman–Crippen MR) is 95.6 cm³/mol. The number of thiazole rings is 1. The molecule has 0 aliphatic carbocycles. The second-order valence-electron chi connectivity index (χ2n) is 6.23. The average Bonchev–Trinajstić information content (AvgIpc) is 3.23. The lowest BCUT2D eigenvalue weighted by molar-refractivity contribution is -0.119. The van der Waals surface area contributed by atoms with Gasteiger partial charge in [0.1, 0.15) is 11.5 Å². The topological polar surface area (TPSA) is 58.4 Å². The molecular formula is C18H19N3O2S. The predicted octanol–water partition coefficient (Wildman–Crippen LogP) is 3.31. The smallest absolute Gasteiger partial charge is 0.217 e. The Hall–Kier alpha value is -2.34. The number of carbonyl (C=O) groups is 1. The summed E-state index contributed by atoms with van der Waals surface area (Å²) in [7, 11) is 0. The third-order valence-corrected chi connectivity index (χ3v) is 5.49. The number of nitrogens with one attached hydrogen (secondary N) is 1. The van der Waals surface area contributed by atoms with Crippen LogP contribution in [-0.4, -0.2) is 30.0 Å². The minimum atomic E-state index is -0.0144. The zero-order valence-corrected chi connectivity index (χ0v) is 14.5. The summed E-state index contributed by atoms with van der Waals surface area (Å²) in [6.45, 7) is 5.03. The highest BCUT2D eigenvalue weighted by molar-refractivity contribution is 7.22. The SMILES string of the molecule is CC(=O)NC1CN(c2nc3ccccc3s2)CC1c1ccc(C)o1. The zero-order chi connectivity index (χ0) is 16.7. The second-order valence-corrected chi connectivity index (χ2v) is 7.24. The second kappa shape index (κ2) is 5.94. The molecule has 4 rings (SSSR count). The molecule has 2 atom stereocenters. The van der Waals surface area contributed by atoms with Crippen LogP contribution in [0.25, 0.3) is 10.2 Å². The Morgan fingerprint density at radius 3 is 2.83 bits per heavy atom. The first-order chi connectivity index (χ1) is 11.6. The number of benzene rings is 1. The summed E-state index contributed by atoms with van der Waals surface area (Å²) < 4.78 is 7.01. The van der Waals surface area contributed by atoms with E-state index in [0.717, 1.165) is 35.3 Å². The summed E-state index contributed by atoms with van der Waals surface area (Å²) in [5, 5.41) is 4.07. The summed E-state index contributed by atoms with van der Waals surface area (Å²) in [5.41, 5.74) is 1.02. The third kappa shape index (κ3) is 2.78. The van der Waals surface area contributed by atoms with E-state index in [4.69, 9.17) is 9.40 Å². The van der Waals surface area contributed by atoms with Gasteiger partial charge in [0.2, 0.25) is 5.91 Å². The Morgan fingerprint density at radius 1 is 1.29 bits per heavy atom. The van der Waals surface area contributed by atoms with Crippen LogP contribution in [0.15, 0.2) is 40.8 Å². The molecule has 0 spiro atoms. The molecule has 0 radical (unpaired) electrons. The molecule has 3 aromatic rings. The van der Waals surface area contributed by atoms with Crippen molar-refractivity contribution in [2.24, 2.45) is 0 Å². The first-order valence-electron chi connectivity index (χ1n) is 8.04. The van der Waals surface area contributed by atoms with Crippen molar-refractivity contribution in [1.82, 2.24) is 10.3 Å². The van der Waals surface area contributed by atoms with Gasteiger partial charge >= 0.3 is 0 Å². The molecule has 5 nitrogen and oxygen atoms in total. The van der Waals surface area contributed by atoms with Crippen molar-refractivity contribution in [2.75, 3.05) is 18.0 Å². The van der Waals surface area contributed by atoms with Gasteiger partial charge in [-0.15, -0.1) is 0 Å². The van der Waals surface area contributed by atoms with Crippen molar-refractivity contribution < 1.29 is 9.21 Å². The highest BCUT2D eigenvalue weighted by Gasteiger charge is 2.37. The van der Waals surface area contributed by atoms with Crippen molar-refractivity contribution in [3.05, 3.63) is 47.9 Å². The summed E-state index contributed by atoms with van der Waals surface area (Å²) in [4.78, 5) is 18.6. The Bertz CT molecular complexity index is 852. The molecule has 1 N–H and O–H groups in total. The summed E-state index contributed by atoms with van der Waals surface area (Å²) in [6, 6.07) is 12.2. The molecule has 1 aliphatic rings. The Balaban J connectivity index is 1.64. The van der Waals surface area contributed by atoms with Gasteiger partial charge in [-0.2, -0.15) is 0 Å². The Kier molecular flexibility index (Phi) is 3.76. The van der Waals surface area contributed by atoms with Crippen LogP contribution in [0.4, 0.5) is 5.13 Å². The number of aromatic nitrogens is 1. The number of carbonyl (C=O) groups excluding carboxylic acids is 1. The quantitative estimate of drug-likeness (QED) is 0.794. The van der Waals surface area contributed by atoms with Gasteiger partial charge in [0.05, 0.1) is 22.2 Å². The number of amides is 1. The molecule has 1 aromatic carbocycles. The largest absolute Gasteiger partial charge is 0.466 e.